The van der Waals surface area contributed by atoms with Crippen LogP contribution in [0.2, 0.25) is 0 Å². The minimum absolute atomic E-state index is 0.103. The number of alkyl halides is 2. The van der Waals surface area contributed by atoms with Gasteiger partial charge >= 0.3 is 6.61 Å². The second-order valence-electron chi connectivity index (χ2n) is 4.86. The number of hydrogen-bond donors (Lipinski definition) is 1. The molecule has 0 aromatic heterocycles. The first kappa shape index (κ1) is 18.4. The number of nitro groups is 1. The predicted molar refractivity (Wildman–Crippen MR) is 84.6 cm³/mol. The minimum Gasteiger partial charge on any atom is -0.490 e. The molecule has 0 bridgehead atoms. The largest absolute Gasteiger partial charge is 0.490 e. The lowest BCUT2D eigenvalue weighted by molar-refractivity contribution is -0.384. The number of nitrogens with one attached hydrogen (secondary N) is 1. The molecule has 0 amide bonds. The maximum atomic E-state index is 13.1. The lowest BCUT2D eigenvalue weighted by atomic mass is 10.2. The number of ether oxygens (including phenoxy) is 2. The SMILES string of the molecule is CCOc1cc(CNc2ccc(F)cc2[N+](=O)[O-])ccc1OC(F)F. The Labute approximate surface area is 141 Å². The van der Waals surface area contributed by atoms with Gasteiger partial charge in [0.1, 0.15) is 11.5 Å². The van der Waals surface area contributed by atoms with Gasteiger partial charge in [-0.25, -0.2) is 4.39 Å². The van der Waals surface area contributed by atoms with Crippen LogP contribution >= 0.6 is 0 Å². The van der Waals surface area contributed by atoms with Gasteiger partial charge in [0, 0.05) is 6.54 Å². The fourth-order valence-corrected chi connectivity index (χ4v) is 2.13. The number of halogens is 3. The van der Waals surface area contributed by atoms with E-state index in [0.717, 1.165) is 12.1 Å². The summed E-state index contributed by atoms with van der Waals surface area (Å²) in [5.74, 6) is -0.687. The summed E-state index contributed by atoms with van der Waals surface area (Å²) in [6.07, 6.45) is 0. The molecule has 2 aromatic carbocycles. The van der Waals surface area contributed by atoms with Gasteiger partial charge in [0.2, 0.25) is 0 Å². The topological polar surface area (TPSA) is 73.6 Å². The third kappa shape index (κ3) is 5.00. The van der Waals surface area contributed by atoms with Gasteiger partial charge in [-0.1, -0.05) is 6.07 Å². The van der Waals surface area contributed by atoms with Crippen molar-refractivity contribution in [3.63, 3.8) is 0 Å². The first-order valence-electron chi connectivity index (χ1n) is 7.29. The second kappa shape index (κ2) is 8.22. The average Bonchev–Trinajstić information content (AvgIpc) is 2.55. The summed E-state index contributed by atoms with van der Waals surface area (Å²) in [4.78, 5) is 10.3. The van der Waals surface area contributed by atoms with Crippen molar-refractivity contribution < 1.29 is 27.6 Å². The summed E-state index contributed by atoms with van der Waals surface area (Å²) in [7, 11) is 0. The summed E-state index contributed by atoms with van der Waals surface area (Å²) >= 11 is 0. The highest BCUT2D eigenvalue weighted by Gasteiger charge is 2.15. The van der Waals surface area contributed by atoms with E-state index in [9.17, 15) is 23.3 Å². The van der Waals surface area contributed by atoms with Crippen LogP contribution in [0, 0.1) is 15.9 Å². The second-order valence-corrected chi connectivity index (χ2v) is 4.86. The van der Waals surface area contributed by atoms with Gasteiger partial charge < -0.3 is 14.8 Å². The lowest BCUT2D eigenvalue weighted by Gasteiger charge is -2.13. The highest BCUT2D eigenvalue weighted by atomic mass is 19.3. The molecule has 0 saturated carbocycles. The van der Waals surface area contributed by atoms with E-state index in [1.807, 2.05) is 0 Å². The Morgan fingerprint density at radius 2 is 1.96 bits per heavy atom. The number of nitro benzene ring substituents is 1. The molecule has 25 heavy (non-hydrogen) atoms. The first-order chi connectivity index (χ1) is 11.9. The summed E-state index contributed by atoms with van der Waals surface area (Å²) in [6.45, 7) is -0.898. The Hall–Kier alpha value is -2.97. The van der Waals surface area contributed by atoms with Crippen LogP contribution in [0.5, 0.6) is 11.5 Å². The van der Waals surface area contributed by atoms with Gasteiger partial charge in [-0.15, -0.1) is 0 Å². The number of hydrogen-bond acceptors (Lipinski definition) is 5. The molecule has 0 spiro atoms. The number of benzene rings is 2. The Kier molecular flexibility index (Phi) is 6.04. The molecule has 0 saturated heterocycles. The standard InChI is InChI=1S/C16H15F3N2O4/c1-2-24-15-7-10(3-6-14(15)25-16(18)19)9-20-12-5-4-11(17)8-13(12)21(22)23/h3-8,16,20H,2,9H2,1H3. The van der Waals surface area contributed by atoms with Gasteiger partial charge in [0.15, 0.2) is 11.5 Å². The van der Waals surface area contributed by atoms with Crippen LogP contribution < -0.4 is 14.8 Å². The third-order valence-electron chi connectivity index (χ3n) is 3.16. The van der Waals surface area contributed by atoms with Crippen LogP contribution in [0.3, 0.4) is 0 Å². The average molecular weight is 356 g/mol. The number of nitrogens with zero attached hydrogens (tertiary/aromatic N) is 1. The highest BCUT2D eigenvalue weighted by Crippen LogP contribution is 2.31. The molecule has 9 heteroatoms. The number of rotatable bonds is 8. The Balaban J connectivity index is 2.18. The van der Waals surface area contributed by atoms with E-state index in [1.165, 1.54) is 24.3 Å². The van der Waals surface area contributed by atoms with E-state index in [4.69, 9.17) is 4.74 Å². The van der Waals surface area contributed by atoms with Gasteiger partial charge in [-0.2, -0.15) is 8.78 Å². The molecule has 0 unspecified atom stereocenters. The minimum atomic E-state index is -2.98. The van der Waals surface area contributed by atoms with Gasteiger partial charge in [-0.05, 0) is 36.8 Å². The molecule has 6 nitrogen and oxygen atoms in total. The summed E-state index contributed by atoms with van der Waals surface area (Å²) in [6, 6.07) is 7.50. The van der Waals surface area contributed by atoms with Crippen molar-refractivity contribution in [1.82, 2.24) is 0 Å². The van der Waals surface area contributed by atoms with Crippen LogP contribution in [-0.4, -0.2) is 18.1 Å². The summed E-state index contributed by atoms with van der Waals surface area (Å²) in [5.41, 5.74) is 0.351. The molecule has 2 aromatic rings. The van der Waals surface area contributed by atoms with E-state index in [2.05, 4.69) is 10.1 Å². The molecule has 0 aliphatic carbocycles. The zero-order chi connectivity index (χ0) is 18.4. The monoisotopic (exact) mass is 356 g/mol. The fourth-order valence-electron chi connectivity index (χ4n) is 2.13. The molecular weight excluding hydrogens is 341 g/mol. The smallest absolute Gasteiger partial charge is 0.387 e. The van der Waals surface area contributed by atoms with Gasteiger partial charge in [0.05, 0.1) is 17.6 Å². The van der Waals surface area contributed by atoms with Crippen molar-refractivity contribution in [2.45, 2.75) is 20.1 Å². The van der Waals surface area contributed by atoms with Crippen LogP contribution in [0.4, 0.5) is 24.5 Å². The molecule has 2 rings (SSSR count). The van der Waals surface area contributed by atoms with Crippen LogP contribution in [-0.2, 0) is 6.54 Å². The Bertz CT molecular complexity index is 756. The van der Waals surface area contributed by atoms with Crippen molar-refractivity contribution in [3.8, 4) is 11.5 Å². The van der Waals surface area contributed by atoms with Crippen molar-refractivity contribution in [1.29, 1.82) is 0 Å². The van der Waals surface area contributed by atoms with Crippen molar-refractivity contribution in [3.05, 3.63) is 57.9 Å². The van der Waals surface area contributed by atoms with Crippen molar-refractivity contribution >= 4 is 11.4 Å². The van der Waals surface area contributed by atoms with E-state index in [0.29, 0.717) is 5.56 Å². The maximum Gasteiger partial charge on any atom is 0.387 e. The van der Waals surface area contributed by atoms with Gasteiger partial charge in [-0.3, -0.25) is 10.1 Å². The third-order valence-corrected chi connectivity index (χ3v) is 3.16. The van der Waals surface area contributed by atoms with Gasteiger partial charge in [0.25, 0.3) is 5.69 Å². The Morgan fingerprint density at radius 3 is 2.60 bits per heavy atom. The quantitative estimate of drug-likeness (QED) is 0.562. The molecular formula is C16H15F3N2O4. The first-order valence-corrected chi connectivity index (χ1v) is 7.29. The molecule has 0 atom stereocenters. The lowest BCUT2D eigenvalue weighted by Crippen LogP contribution is -2.06. The maximum absolute atomic E-state index is 13.1. The summed E-state index contributed by atoms with van der Waals surface area (Å²) < 4.78 is 47.5. The molecule has 0 fully saturated rings. The van der Waals surface area contributed by atoms with E-state index >= 15 is 0 Å². The summed E-state index contributed by atoms with van der Waals surface area (Å²) in [5, 5.41) is 13.8. The van der Waals surface area contributed by atoms with Crippen molar-refractivity contribution in [2.75, 3.05) is 11.9 Å². The molecule has 1 N–H and O–H groups in total. The molecule has 0 aliphatic rings. The molecule has 0 heterocycles. The Morgan fingerprint density at radius 1 is 1.20 bits per heavy atom. The zero-order valence-electron chi connectivity index (χ0n) is 13.2. The van der Waals surface area contributed by atoms with E-state index < -0.39 is 23.0 Å². The van der Waals surface area contributed by atoms with Crippen molar-refractivity contribution in [2.24, 2.45) is 0 Å². The zero-order valence-corrected chi connectivity index (χ0v) is 13.2. The van der Waals surface area contributed by atoms with Crippen LogP contribution in [0.25, 0.3) is 0 Å². The molecule has 0 radical (unpaired) electrons. The number of anilines is 1. The molecule has 134 valence electrons. The normalized spacial score (nSPS) is 10.6. The van der Waals surface area contributed by atoms with E-state index in [1.54, 1.807) is 6.92 Å². The highest BCUT2D eigenvalue weighted by molar-refractivity contribution is 5.61. The van der Waals surface area contributed by atoms with Crippen LogP contribution in [0.1, 0.15) is 12.5 Å². The van der Waals surface area contributed by atoms with E-state index in [-0.39, 0.29) is 30.3 Å². The van der Waals surface area contributed by atoms with Crippen LogP contribution in [0.15, 0.2) is 36.4 Å². The predicted octanol–water partition coefficient (Wildman–Crippen LogP) is 4.35. The fraction of sp³-hybridized carbons (Fsp3) is 0.250. The molecule has 0 aliphatic heterocycles.